The van der Waals surface area contributed by atoms with Gasteiger partial charge in [-0.2, -0.15) is 5.10 Å². The van der Waals surface area contributed by atoms with Crippen LogP contribution in [0.25, 0.3) is 0 Å². The van der Waals surface area contributed by atoms with Crippen LogP contribution in [0.3, 0.4) is 0 Å². The summed E-state index contributed by atoms with van der Waals surface area (Å²) in [6.07, 6.45) is 3.03. The molecule has 0 spiro atoms. The predicted molar refractivity (Wildman–Crippen MR) is 93.4 cm³/mol. The molecule has 1 aliphatic rings. The van der Waals surface area contributed by atoms with Crippen LogP contribution in [0.15, 0.2) is 30.5 Å². The number of aryl methyl sites for hydroxylation is 1. The molecule has 8 heteroatoms. The molecule has 0 radical (unpaired) electrons. The Morgan fingerprint density at radius 2 is 2.23 bits per heavy atom. The molecule has 1 saturated heterocycles. The van der Waals surface area contributed by atoms with Crippen molar-refractivity contribution < 1.29 is 18.7 Å². The molecule has 1 aliphatic heterocycles. The number of anilines is 1. The van der Waals surface area contributed by atoms with Crippen molar-refractivity contribution in [3.63, 3.8) is 0 Å². The van der Waals surface area contributed by atoms with Gasteiger partial charge in [0.05, 0.1) is 13.5 Å². The number of hydrogen-bond donors (Lipinski definition) is 1. The second-order valence-corrected chi connectivity index (χ2v) is 6.23. The Hall–Kier alpha value is -2.90. The first-order valence-electron chi connectivity index (χ1n) is 8.40. The molecule has 1 aromatic heterocycles. The maximum Gasteiger partial charge on any atom is 0.250 e. The van der Waals surface area contributed by atoms with E-state index in [2.05, 4.69) is 10.4 Å². The third-order valence-electron chi connectivity index (χ3n) is 4.34. The Balaban J connectivity index is 1.67. The minimum absolute atomic E-state index is 0.0612. The lowest BCUT2D eigenvalue weighted by molar-refractivity contribution is -0.128. The number of benzene rings is 1. The quantitative estimate of drug-likeness (QED) is 0.875. The molecule has 26 heavy (non-hydrogen) atoms. The first-order chi connectivity index (χ1) is 12.5. The van der Waals surface area contributed by atoms with E-state index in [4.69, 9.17) is 4.74 Å². The highest BCUT2D eigenvalue weighted by molar-refractivity contribution is 5.99. The fourth-order valence-corrected chi connectivity index (χ4v) is 3.09. The molecule has 0 bridgehead atoms. The third-order valence-corrected chi connectivity index (χ3v) is 4.34. The minimum Gasteiger partial charge on any atom is -0.496 e. The monoisotopic (exact) mass is 360 g/mol. The van der Waals surface area contributed by atoms with E-state index in [0.717, 1.165) is 6.42 Å². The van der Waals surface area contributed by atoms with Crippen molar-refractivity contribution in [3.8, 4) is 5.75 Å². The number of nitrogens with zero attached hydrogens (tertiary/aromatic N) is 3. The van der Waals surface area contributed by atoms with Gasteiger partial charge in [-0.25, -0.2) is 4.39 Å². The number of ether oxygens (including phenoxy) is 1. The van der Waals surface area contributed by atoms with Crippen molar-refractivity contribution in [2.24, 2.45) is 7.05 Å². The van der Waals surface area contributed by atoms with E-state index < -0.39 is 11.9 Å². The van der Waals surface area contributed by atoms with Gasteiger partial charge >= 0.3 is 0 Å². The fraction of sp³-hybridized carbons (Fsp3) is 0.389. The first-order valence-corrected chi connectivity index (χ1v) is 8.40. The van der Waals surface area contributed by atoms with Gasteiger partial charge in [0.25, 0.3) is 5.91 Å². The summed E-state index contributed by atoms with van der Waals surface area (Å²) in [7, 11) is 3.24. The molecule has 3 rings (SSSR count). The molecular weight excluding hydrogens is 339 g/mol. The minimum atomic E-state index is -0.613. The summed E-state index contributed by atoms with van der Waals surface area (Å²) in [5, 5.41) is 7.00. The molecule has 0 aliphatic carbocycles. The van der Waals surface area contributed by atoms with Crippen molar-refractivity contribution in [3.05, 3.63) is 41.8 Å². The normalized spacial score (nSPS) is 17.3. The molecule has 2 heterocycles. The van der Waals surface area contributed by atoms with Crippen LogP contribution in [0.2, 0.25) is 0 Å². The Kier molecular flexibility index (Phi) is 5.20. The lowest BCUT2D eigenvalue weighted by atomic mass is 10.0. The SMILES string of the molecule is COc1ccc(F)cc1CC(=O)NC1CCCN(c2ccn(C)n2)C1=O. The second-order valence-electron chi connectivity index (χ2n) is 6.23. The zero-order valence-electron chi connectivity index (χ0n) is 14.7. The number of rotatable bonds is 5. The molecule has 2 aromatic rings. The zero-order valence-corrected chi connectivity index (χ0v) is 14.7. The number of piperidine rings is 1. The summed E-state index contributed by atoms with van der Waals surface area (Å²) >= 11 is 0. The number of methoxy groups -OCH3 is 1. The average Bonchev–Trinajstić information content (AvgIpc) is 3.03. The average molecular weight is 360 g/mol. The van der Waals surface area contributed by atoms with Gasteiger partial charge in [-0.15, -0.1) is 0 Å². The summed E-state index contributed by atoms with van der Waals surface area (Å²) in [6.45, 7) is 0.569. The van der Waals surface area contributed by atoms with Gasteiger partial charge in [0.2, 0.25) is 5.91 Å². The molecule has 1 fully saturated rings. The Bertz CT molecular complexity index is 821. The Labute approximate surface area is 150 Å². The van der Waals surface area contributed by atoms with E-state index >= 15 is 0 Å². The maximum absolute atomic E-state index is 13.4. The fourth-order valence-electron chi connectivity index (χ4n) is 3.09. The number of aromatic nitrogens is 2. The molecule has 138 valence electrons. The molecule has 1 aromatic carbocycles. The van der Waals surface area contributed by atoms with Crippen molar-refractivity contribution in [1.82, 2.24) is 15.1 Å². The van der Waals surface area contributed by atoms with Gasteiger partial charge in [-0.1, -0.05) is 0 Å². The number of amides is 2. The van der Waals surface area contributed by atoms with E-state index in [9.17, 15) is 14.0 Å². The lowest BCUT2D eigenvalue weighted by Gasteiger charge is -2.31. The first kappa shape index (κ1) is 17.9. The largest absolute Gasteiger partial charge is 0.496 e. The highest BCUT2D eigenvalue weighted by Gasteiger charge is 2.31. The molecular formula is C18H21FN4O3. The van der Waals surface area contributed by atoms with Crippen LogP contribution < -0.4 is 15.0 Å². The summed E-state index contributed by atoms with van der Waals surface area (Å²) < 4.78 is 20.2. The summed E-state index contributed by atoms with van der Waals surface area (Å²) in [6, 6.07) is 5.17. The number of carbonyl (C=O) groups is 2. The van der Waals surface area contributed by atoms with Gasteiger partial charge in [-0.05, 0) is 31.0 Å². The van der Waals surface area contributed by atoms with Gasteiger partial charge in [0.15, 0.2) is 5.82 Å². The van der Waals surface area contributed by atoms with Gasteiger partial charge in [-0.3, -0.25) is 19.2 Å². The van der Waals surface area contributed by atoms with E-state index in [1.165, 1.54) is 25.3 Å². The van der Waals surface area contributed by atoms with Crippen LogP contribution in [0.4, 0.5) is 10.2 Å². The van der Waals surface area contributed by atoms with Crippen molar-refractivity contribution in [2.75, 3.05) is 18.6 Å². The van der Waals surface area contributed by atoms with Crippen LogP contribution in [0.5, 0.6) is 5.75 Å². The highest BCUT2D eigenvalue weighted by Crippen LogP contribution is 2.21. The third kappa shape index (κ3) is 3.84. The van der Waals surface area contributed by atoms with Crippen LogP contribution in [-0.4, -0.2) is 41.3 Å². The zero-order chi connectivity index (χ0) is 18.7. The number of nitrogens with one attached hydrogen (secondary N) is 1. The topological polar surface area (TPSA) is 76.5 Å². The van der Waals surface area contributed by atoms with Crippen LogP contribution in [0.1, 0.15) is 18.4 Å². The number of halogens is 1. The number of carbonyl (C=O) groups excluding carboxylic acids is 2. The molecule has 2 amide bonds. The van der Waals surface area contributed by atoms with Crippen molar-refractivity contribution in [2.45, 2.75) is 25.3 Å². The second kappa shape index (κ2) is 7.55. The molecule has 1 N–H and O–H groups in total. The van der Waals surface area contributed by atoms with Gasteiger partial charge in [0, 0.05) is 31.4 Å². The van der Waals surface area contributed by atoms with E-state index in [-0.39, 0.29) is 18.2 Å². The van der Waals surface area contributed by atoms with Crippen molar-refractivity contribution >= 4 is 17.6 Å². The molecule has 0 saturated carbocycles. The summed E-state index contributed by atoms with van der Waals surface area (Å²) in [5.74, 6) is 0.0307. The van der Waals surface area contributed by atoms with Gasteiger partial charge in [0.1, 0.15) is 17.6 Å². The molecule has 7 nitrogen and oxygen atoms in total. The Morgan fingerprint density at radius 3 is 2.92 bits per heavy atom. The lowest BCUT2D eigenvalue weighted by Crippen LogP contribution is -2.52. The standard InChI is InChI=1S/C18H21FN4O3/c1-22-9-7-16(21-22)23-8-3-4-14(18(23)25)20-17(24)11-12-10-13(19)5-6-15(12)26-2/h5-7,9-10,14H,3-4,8,11H2,1-2H3,(H,20,24). The Morgan fingerprint density at radius 1 is 1.42 bits per heavy atom. The molecule has 1 unspecified atom stereocenters. The van der Waals surface area contributed by atoms with Gasteiger partial charge < -0.3 is 10.1 Å². The maximum atomic E-state index is 13.4. The van der Waals surface area contributed by atoms with Crippen LogP contribution >= 0.6 is 0 Å². The number of hydrogen-bond acceptors (Lipinski definition) is 4. The van der Waals surface area contributed by atoms with Crippen LogP contribution in [-0.2, 0) is 23.1 Å². The predicted octanol–water partition coefficient (Wildman–Crippen LogP) is 1.42. The van der Waals surface area contributed by atoms with E-state index in [1.807, 2.05) is 0 Å². The smallest absolute Gasteiger partial charge is 0.250 e. The summed E-state index contributed by atoms with van der Waals surface area (Å²) in [5.41, 5.74) is 0.440. The highest BCUT2D eigenvalue weighted by atomic mass is 19.1. The van der Waals surface area contributed by atoms with Crippen molar-refractivity contribution in [1.29, 1.82) is 0 Å². The van der Waals surface area contributed by atoms with E-state index in [0.29, 0.717) is 30.1 Å². The van der Waals surface area contributed by atoms with E-state index in [1.54, 1.807) is 28.9 Å². The van der Waals surface area contributed by atoms with Crippen LogP contribution in [0, 0.1) is 5.82 Å². The summed E-state index contributed by atoms with van der Waals surface area (Å²) in [4.78, 5) is 26.6. The molecule has 1 atom stereocenters.